The number of carbonyl (C=O) groups excluding carboxylic acids is 2. The summed E-state index contributed by atoms with van der Waals surface area (Å²) >= 11 is 0. The number of hydrogen-bond donors (Lipinski definition) is 1. The number of nitrogens with zero attached hydrogens (tertiary/aromatic N) is 3. The Balaban J connectivity index is 1.51. The molecule has 0 unspecified atom stereocenters. The second-order valence-corrected chi connectivity index (χ2v) is 9.28. The van der Waals surface area contributed by atoms with Crippen LogP contribution in [0.2, 0.25) is 0 Å². The highest BCUT2D eigenvalue weighted by atomic mass is 16.5. The third-order valence-electron chi connectivity index (χ3n) is 7.14. The van der Waals surface area contributed by atoms with Crippen LogP contribution in [0.25, 0.3) is 0 Å². The first-order valence-electron chi connectivity index (χ1n) is 12.3. The molecule has 1 N–H and O–H groups in total. The fraction of sp³-hybridized carbons (Fsp3) is 0.481. The Labute approximate surface area is 212 Å². The number of hydrogen-bond acceptors (Lipinski definition) is 7. The van der Waals surface area contributed by atoms with Crippen LogP contribution in [0.15, 0.2) is 42.5 Å². The van der Waals surface area contributed by atoms with Crippen LogP contribution in [0, 0.1) is 0 Å². The van der Waals surface area contributed by atoms with Crippen LogP contribution in [-0.4, -0.2) is 84.9 Å². The van der Waals surface area contributed by atoms with E-state index in [9.17, 15) is 14.7 Å². The van der Waals surface area contributed by atoms with Crippen molar-refractivity contribution in [1.29, 1.82) is 0 Å². The number of imide groups is 1. The van der Waals surface area contributed by atoms with Gasteiger partial charge in [0.1, 0.15) is 22.8 Å². The van der Waals surface area contributed by atoms with Gasteiger partial charge in [-0.05, 0) is 54.7 Å². The number of rotatable bonds is 10. The molecule has 194 valence electrons. The standard InChI is InChI=1S/C27H35N3O6/c1-34-22-7-4-6-20(14-22)19-29-25(32)27(30(26(29)33)10-5-13-31)8-11-28(12-9-27)18-21-15-23(35-2)17-24(16-21)36-3/h4,6-7,14-17,31H,5,8-13,18-19H2,1-3H3. The SMILES string of the molecule is COc1cccc(CN2C(=O)N(CCCO)C3(CCN(Cc4cc(OC)cc(OC)c4)CC3)C2=O)c1. The fourth-order valence-electron chi connectivity index (χ4n) is 5.19. The Kier molecular flexibility index (Phi) is 8.01. The predicted octanol–water partition coefficient (Wildman–Crippen LogP) is 2.89. The lowest BCUT2D eigenvalue weighted by Crippen LogP contribution is -2.56. The third-order valence-corrected chi connectivity index (χ3v) is 7.14. The highest BCUT2D eigenvalue weighted by Gasteiger charge is 2.57. The van der Waals surface area contributed by atoms with E-state index < -0.39 is 5.54 Å². The molecule has 9 nitrogen and oxygen atoms in total. The molecule has 2 aliphatic heterocycles. The van der Waals surface area contributed by atoms with Crippen molar-refractivity contribution >= 4 is 11.9 Å². The Morgan fingerprint density at radius 1 is 0.861 bits per heavy atom. The van der Waals surface area contributed by atoms with Crippen molar-refractivity contribution < 1.29 is 28.9 Å². The Hall–Kier alpha value is -3.30. The number of ether oxygens (including phenoxy) is 3. The van der Waals surface area contributed by atoms with Crippen LogP contribution < -0.4 is 14.2 Å². The number of methoxy groups -OCH3 is 3. The lowest BCUT2D eigenvalue weighted by molar-refractivity contribution is -0.136. The number of benzene rings is 2. The summed E-state index contributed by atoms with van der Waals surface area (Å²) in [6.45, 7) is 2.54. The molecule has 2 heterocycles. The summed E-state index contributed by atoms with van der Waals surface area (Å²) in [6, 6.07) is 12.9. The van der Waals surface area contributed by atoms with Crippen LogP contribution in [0.5, 0.6) is 17.2 Å². The molecule has 2 aliphatic rings. The molecular formula is C27H35N3O6. The van der Waals surface area contributed by atoms with E-state index in [1.165, 1.54) is 4.90 Å². The number of piperidine rings is 1. The summed E-state index contributed by atoms with van der Waals surface area (Å²) in [4.78, 5) is 32.6. The van der Waals surface area contributed by atoms with E-state index in [0.717, 1.165) is 22.6 Å². The first-order chi connectivity index (χ1) is 17.4. The van der Waals surface area contributed by atoms with Gasteiger partial charge < -0.3 is 24.2 Å². The fourth-order valence-corrected chi connectivity index (χ4v) is 5.19. The Bertz CT molecular complexity index is 1060. The molecular weight excluding hydrogens is 462 g/mol. The van der Waals surface area contributed by atoms with Crippen molar-refractivity contribution in [3.05, 3.63) is 53.6 Å². The van der Waals surface area contributed by atoms with Gasteiger partial charge in [0.15, 0.2) is 0 Å². The number of amides is 3. The summed E-state index contributed by atoms with van der Waals surface area (Å²) in [5.74, 6) is 1.99. The second kappa shape index (κ2) is 11.2. The van der Waals surface area contributed by atoms with Crippen LogP contribution in [0.4, 0.5) is 4.79 Å². The maximum absolute atomic E-state index is 13.8. The van der Waals surface area contributed by atoms with Gasteiger partial charge in [-0.25, -0.2) is 4.79 Å². The summed E-state index contributed by atoms with van der Waals surface area (Å²) in [6.07, 6.45) is 1.51. The van der Waals surface area contributed by atoms with Gasteiger partial charge >= 0.3 is 6.03 Å². The van der Waals surface area contributed by atoms with E-state index in [1.54, 1.807) is 26.2 Å². The minimum absolute atomic E-state index is 0.0340. The van der Waals surface area contributed by atoms with Gasteiger partial charge in [-0.2, -0.15) is 0 Å². The molecule has 4 rings (SSSR count). The molecule has 2 fully saturated rings. The molecule has 0 aliphatic carbocycles. The van der Waals surface area contributed by atoms with Gasteiger partial charge in [0.25, 0.3) is 5.91 Å². The topological polar surface area (TPSA) is 91.8 Å². The molecule has 0 radical (unpaired) electrons. The Morgan fingerprint density at radius 2 is 1.50 bits per heavy atom. The van der Waals surface area contributed by atoms with Gasteiger partial charge in [-0.3, -0.25) is 14.6 Å². The zero-order valence-electron chi connectivity index (χ0n) is 21.2. The quantitative estimate of drug-likeness (QED) is 0.505. The molecule has 0 aromatic heterocycles. The average Bonchev–Trinajstić information content (AvgIpc) is 3.09. The molecule has 3 amide bonds. The molecule has 2 aromatic rings. The first-order valence-corrected chi connectivity index (χ1v) is 12.3. The third kappa shape index (κ3) is 5.12. The average molecular weight is 498 g/mol. The zero-order chi connectivity index (χ0) is 25.7. The number of urea groups is 1. The molecule has 1 spiro atoms. The number of aliphatic hydroxyl groups is 1. The summed E-state index contributed by atoms with van der Waals surface area (Å²) < 4.78 is 16.1. The van der Waals surface area contributed by atoms with E-state index in [-0.39, 0.29) is 25.1 Å². The number of carbonyl (C=O) groups is 2. The van der Waals surface area contributed by atoms with E-state index in [1.807, 2.05) is 42.5 Å². The van der Waals surface area contributed by atoms with Gasteiger partial charge in [0.2, 0.25) is 0 Å². The number of likely N-dealkylation sites (tertiary alicyclic amines) is 1. The first kappa shape index (κ1) is 25.8. The van der Waals surface area contributed by atoms with E-state index in [0.29, 0.717) is 51.2 Å². The Morgan fingerprint density at radius 3 is 2.11 bits per heavy atom. The lowest BCUT2D eigenvalue weighted by atomic mass is 9.85. The molecule has 0 saturated carbocycles. The smallest absolute Gasteiger partial charge is 0.327 e. The largest absolute Gasteiger partial charge is 0.497 e. The monoisotopic (exact) mass is 497 g/mol. The van der Waals surface area contributed by atoms with Gasteiger partial charge in [0, 0.05) is 38.9 Å². The van der Waals surface area contributed by atoms with E-state index in [2.05, 4.69) is 4.90 Å². The van der Waals surface area contributed by atoms with Crippen LogP contribution in [0.1, 0.15) is 30.4 Å². The van der Waals surface area contributed by atoms with Crippen molar-refractivity contribution in [2.45, 2.75) is 37.9 Å². The summed E-state index contributed by atoms with van der Waals surface area (Å²) in [5.41, 5.74) is 1.01. The lowest BCUT2D eigenvalue weighted by Gasteiger charge is -2.42. The van der Waals surface area contributed by atoms with Crippen molar-refractivity contribution in [2.24, 2.45) is 0 Å². The highest BCUT2D eigenvalue weighted by molar-refractivity contribution is 6.07. The van der Waals surface area contributed by atoms with Crippen molar-refractivity contribution in [3.8, 4) is 17.2 Å². The van der Waals surface area contributed by atoms with Crippen LogP contribution in [-0.2, 0) is 17.9 Å². The summed E-state index contributed by atoms with van der Waals surface area (Å²) in [5, 5.41) is 9.44. The molecule has 9 heteroatoms. The molecule has 2 aromatic carbocycles. The van der Waals surface area contributed by atoms with Gasteiger partial charge in [-0.1, -0.05) is 12.1 Å². The number of aliphatic hydroxyl groups excluding tert-OH is 1. The van der Waals surface area contributed by atoms with Crippen LogP contribution >= 0.6 is 0 Å². The highest BCUT2D eigenvalue weighted by Crippen LogP contribution is 2.39. The van der Waals surface area contributed by atoms with Crippen molar-refractivity contribution in [1.82, 2.24) is 14.7 Å². The van der Waals surface area contributed by atoms with E-state index in [4.69, 9.17) is 14.2 Å². The second-order valence-electron chi connectivity index (χ2n) is 9.28. The zero-order valence-corrected chi connectivity index (χ0v) is 21.2. The maximum Gasteiger partial charge on any atom is 0.327 e. The van der Waals surface area contributed by atoms with Crippen molar-refractivity contribution in [2.75, 3.05) is 47.6 Å². The molecule has 36 heavy (non-hydrogen) atoms. The summed E-state index contributed by atoms with van der Waals surface area (Å²) in [7, 11) is 4.85. The minimum atomic E-state index is -0.881. The maximum atomic E-state index is 13.8. The van der Waals surface area contributed by atoms with Gasteiger partial charge in [-0.15, -0.1) is 0 Å². The van der Waals surface area contributed by atoms with Crippen molar-refractivity contribution in [3.63, 3.8) is 0 Å². The molecule has 0 bridgehead atoms. The molecule has 2 saturated heterocycles. The predicted molar refractivity (Wildman–Crippen MR) is 134 cm³/mol. The van der Waals surface area contributed by atoms with Crippen LogP contribution in [0.3, 0.4) is 0 Å². The molecule has 0 atom stereocenters. The normalized spacial score (nSPS) is 17.7. The van der Waals surface area contributed by atoms with Gasteiger partial charge in [0.05, 0.1) is 27.9 Å². The minimum Gasteiger partial charge on any atom is -0.497 e. The van der Waals surface area contributed by atoms with E-state index >= 15 is 0 Å².